The molecule has 3 rings (SSSR count). The lowest BCUT2D eigenvalue weighted by Crippen LogP contribution is -2.34. The molecular weight excluding hydrogens is 513 g/mol. The standard InChI is InChI=1S/C20H23ClN2O6.C2HF3O2/c1-13(24)22-19-7-4-15(25)8-20(19)27-11-16(26)9-23-10-18(12-28-23)29-17-5-2-14(21)3-6-17;3-2(4,5)1(6)7/h2-8,16,18,25-26H,9-12H2,1H3,(H,22,24);(H,6,7)/t16-,18+;/m0./s1. The van der Waals surface area contributed by atoms with E-state index in [4.69, 9.17) is 35.8 Å². The number of β-amino-alcohol motifs (C(OH)–C–C–N with tert-alkyl or cyclic N) is 1. The second-order valence-electron chi connectivity index (χ2n) is 7.47. The number of anilines is 1. The van der Waals surface area contributed by atoms with Crippen molar-refractivity contribution in [3.8, 4) is 17.2 Å². The second kappa shape index (κ2) is 13.2. The number of aromatic hydroxyl groups is 1. The van der Waals surface area contributed by atoms with E-state index in [-0.39, 0.29) is 36.7 Å². The number of hydroxylamine groups is 2. The molecule has 2 aromatic rings. The summed E-state index contributed by atoms with van der Waals surface area (Å²) in [6.07, 6.45) is -6.10. The van der Waals surface area contributed by atoms with Crippen molar-refractivity contribution in [2.45, 2.75) is 25.3 Å². The van der Waals surface area contributed by atoms with E-state index < -0.39 is 18.2 Å². The van der Waals surface area contributed by atoms with Crippen LogP contribution in [0.4, 0.5) is 18.9 Å². The summed E-state index contributed by atoms with van der Waals surface area (Å²) >= 11 is 5.86. The molecule has 198 valence electrons. The zero-order valence-electron chi connectivity index (χ0n) is 18.9. The lowest BCUT2D eigenvalue weighted by molar-refractivity contribution is -0.192. The number of rotatable bonds is 8. The molecule has 1 amide bonds. The van der Waals surface area contributed by atoms with Crippen LogP contribution in [-0.4, -0.2) is 76.9 Å². The maximum atomic E-state index is 11.3. The highest BCUT2D eigenvalue weighted by atomic mass is 35.5. The normalized spacial score (nSPS) is 16.4. The number of halogens is 4. The Balaban J connectivity index is 0.000000572. The first-order chi connectivity index (χ1) is 16.8. The highest BCUT2D eigenvalue weighted by molar-refractivity contribution is 6.30. The molecule has 1 aliphatic heterocycles. The zero-order chi connectivity index (χ0) is 26.9. The Morgan fingerprint density at radius 1 is 1.25 bits per heavy atom. The van der Waals surface area contributed by atoms with Crippen molar-refractivity contribution in [1.82, 2.24) is 5.06 Å². The molecule has 36 heavy (non-hydrogen) atoms. The van der Waals surface area contributed by atoms with Gasteiger partial charge in [0.1, 0.15) is 42.7 Å². The lowest BCUT2D eigenvalue weighted by Gasteiger charge is -2.20. The summed E-state index contributed by atoms with van der Waals surface area (Å²) in [6, 6.07) is 11.4. The van der Waals surface area contributed by atoms with Crippen molar-refractivity contribution in [2.75, 3.05) is 31.6 Å². The highest BCUT2D eigenvalue weighted by Gasteiger charge is 2.38. The van der Waals surface area contributed by atoms with Crippen LogP contribution in [0, 0.1) is 0 Å². The number of aliphatic hydroxyl groups is 1. The van der Waals surface area contributed by atoms with Gasteiger partial charge in [0.25, 0.3) is 0 Å². The molecule has 1 heterocycles. The number of nitrogens with one attached hydrogen (secondary N) is 1. The maximum Gasteiger partial charge on any atom is 0.490 e. The van der Waals surface area contributed by atoms with Gasteiger partial charge in [0.2, 0.25) is 5.91 Å². The topological polar surface area (TPSA) is 138 Å². The first-order valence-electron chi connectivity index (χ1n) is 10.3. The molecule has 0 aromatic heterocycles. The van der Waals surface area contributed by atoms with Crippen molar-refractivity contribution >= 4 is 29.2 Å². The third kappa shape index (κ3) is 10.2. The van der Waals surface area contributed by atoms with Crippen molar-refractivity contribution in [1.29, 1.82) is 0 Å². The number of amides is 1. The largest absolute Gasteiger partial charge is 0.508 e. The number of hydrogen-bond donors (Lipinski definition) is 4. The average molecular weight is 537 g/mol. The summed E-state index contributed by atoms with van der Waals surface area (Å²) < 4.78 is 43.1. The predicted molar refractivity (Wildman–Crippen MR) is 121 cm³/mol. The summed E-state index contributed by atoms with van der Waals surface area (Å²) in [5.74, 6) is -2.06. The fourth-order valence-corrected chi connectivity index (χ4v) is 2.95. The van der Waals surface area contributed by atoms with Gasteiger partial charge in [-0.1, -0.05) is 11.6 Å². The van der Waals surface area contributed by atoms with Gasteiger partial charge in [-0.05, 0) is 36.4 Å². The van der Waals surface area contributed by atoms with E-state index in [1.165, 1.54) is 25.1 Å². The van der Waals surface area contributed by atoms with Crippen LogP contribution in [0.2, 0.25) is 5.02 Å². The van der Waals surface area contributed by atoms with Crippen LogP contribution >= 0.6 is 11.6 Å². The number of hydrogen-bond acceptors (Lipinski definition) is 8. The summed E-state index contributed by atoms with van der Waals surface area (Å²) in [4.78, 5) is 25.7. The molecule has 0 radical (unpaired) electrons. The quantitative estimate of drug-likeness (QED) is 0.375. The van der Waals surface area contributed by atoms with E-state index in [0.717, 1.165) is 0 Å². The first-order valence-corrected chi connectivity index (χ1v) is 10.7. The van der Waals surface area contributed by atoms with Gasteiger partial charge in [-0.15, -0.1) is 0 Å². The minimum atomic E-state index is -5.08. The van der Waals surface area contributed by atoms with Gasteiger partial charge >= 0.3 is 12.1 Å². The molecule has 1 saturated heterocycles. The molecule has 1 fully saturated rings. The molecule has 2 aromatic carbocycles. The monoisotopic (exact) mass is 536 g/mol. The Bertz CT molecular complexity index is 1020. The Hall–Kier alpha value is -3.26. The molecule has 0 spiro atoms. The number of carbonyl (C=O) groups excluding carboxylic acids is 1. The van der Waals surface area contributed by atoms with Gasteiger partial charge in [0.05, 0.1) is 18.8 Å². The second-order valence-corrected chi connectivity index (χ2v) is 7.90. The number of carboxylic acids is 1. The first kappa shape index (κ1) is 29.0. The number of benzene rings is 2. The summed E-state index contributed by atoms with van der Waals surface area (Å²) in [5.41, 5.74) is 0.413. The molecule has 14 heteroatoms. The Morgan fingerprint density at radius 3 is 2.47 bits per heavy atom. The molecule has 0 aliphatic carbocycles. The van der Waals surface area contributed by atoms with E-state index >= 15 is 0 Å². The molecule has 2 atom stereocenters. The lowest BCUT2D eigenvalue weighted by atomic mass is 10.2. The van der Waals surface area contributed by atoms with Crippen molar-refractivity contribution in [3.05, 3.63) is 47.5 Å². The van der Waals surface area contributed by atoms with Gasteiger partial charge in [-0.2, -0.15) is 18.2 Å². The van der Waals surface area contributed by atoms with Crippen LogP contribution in [0.25, 0.3) is 0 Å². The van der Waals surface area contributed by atoms with Crippen molar-refractivity contribution in [2.24, 2.45) is 0 Å². The van der Waals surface area contributed by atoms with Gasteiger partial charge in [-0.3, -0.25) is 9.63 Å². The van der Waals surface area contributed by atoms with Crippen LogP contribution in [0.3, 0.4) is 0 Å². The maximum absolute atomic E-state index is 11.3. The number of carboxylic acid groups (broad SMARTS) is 1. The number of aliphatic hydroxyl groups excluding tert-OH is 1. The number of phenolic OH excluding ortho intramolecular Hbond substituents is 1. The molecule has 0 unspecified atom stereocenters. The molecule has 1 aliphatic rings. The average Bonchev–Trinajstić information content (AvgIpc) is 3.21. The Morgan fingerprint density at radius 2 is 1.89 bits per heavy atom. The van der Waals surface area contributed by atoms with Crippen LogP contribution in [0.1, 0.15) is 6.92 Å². The van der Waals surface area contributed by atoms with E-state index in [2.05, 4.69) is 5.32 Å². The summed E-state index contributed by atoms with van der Waals surface area (Å²) in [5, 5.41) is 31.9. The van der Waals surface area contributed by atoms with E-state index in [1.54, 1.807) is 29.3 Å². The van der Waals surface area contributed by atoms with Crippen LogP contribution in [0.5, 0.6) is 17.2 Å². The minimum Gasteiger partial charge on any atom is -0.508 e. The molecular formula is C22H24ClF3N2O8. The fraction of sp³-hybridized carbons (Fsp3) is 0.364. The van der Waals surface area contributed by atoms with Gasteiger partial charge in [0, 0.05) is 18.0 Å². The third-order valence-electron chi connectivity index (χ3n) is 4.33. The van der Waals surface area contributed by atoms with Gasteiger partial charge in [0.15, 0.2) is 0 Å². The van der Waals surface area contributed by atoms with Crippen LogP contribution < -0.4 is 14.8 Å². The molecule has 0 bridgehead atoms. The number of nitrogens with zero attached hydrogens (tertiary/aromatic N) is 1. The van der Waals surface area contributed by atoms with Crippen LogP contribution in [0.15, 0.2) is 42.5 Å². The Kier molecular flexibility index (Phi) is 10.6. The Labute approximate surface area is 208 Å². The number of phenols is 1. The van der Waals surface area contributed by atoms with Crippen molar-refractivity contribution in [3.63, 3.8) is 0 Å². The fourth-order valence-electron chi connectivity index (χ4n) is 2.82. The molecule has 10 nitrogen and oxygen atoms in total. The number of aliphatic carboxylic acids is 1. The van der Waals surface area contributed by atoms with E-state index in [9.17, 15) is 28.2 Å². The van der Waals surface area contributed by atoms with E-state index in [1.807, 2.05) is 0 Å². The van der Waals surface area contributed by atoms with Gasteiger partial charge in [-0.25, -0.2) is 4.79 Å². The number of carbonyl (C=O) groups is 2. The summed E-state index contributed by atoms with van der Waals surface area (Å²) in [7, 11) is 0. The highest BCUT2D eigenvalue weighted by Crippen LogP contribution is 2.29. The number of alkyl halides is 3. The summed E-state index contributed by atoms with van der Waals surface area (Å²) in [6.45, 7) is 2.41. The van der Waals surface area contributed by atoms with E-state index in [0.29, 0.717) is 29.6 Å². The molecule has 4 N–H and O–H groups in total. The van der Waals surface area contributed by atoms with Gasteiger partial charge < -0.3 is 30.1 Å². The smallest absolute Gasteiger partial charge is 0.490 e. The molecule has 0 saturated carbocycles. The minimum absolute atomic E-state index is 0.00587. The predicted octanol–water partition coefficient (Wildman–Crippen LogP) is 3.07. The van der Waals surface area contributed by atoms with Crippen LogP contribution in [-0.2, 0) is 14.4 Å². The number of ether oxygens (including phenoxy) is 2. The SMILES string of the molecule is CC(=O)Nc1ccc(O)cc1OC[C@@H](O)CN1C[C@@H](Oc2ccc(Cl)cc2)CO1.O=C(O)C(F)(F)F. The zero-order valence-corrected chi connectivity index (χ0v) is 19.6. The van der Waals surface area contributed by atoms with Crippen molar-refractivity contribution < 1.29 is 52.4 Å². The third-order valence-corrected chi connectivity index (χ3v) is 4.58.